The van der Waals surface area contributed by atoms with Crippen molar-refractivity contribution in [1.29, 1.82) is 0 Å². The van der Waals surface area contributed by atoms with Crippen molar-refractivity contribution in [3.8, 4) is 0 Å². The van der Waals surface area contributed by atoms with Gasteiger partial charge in [-0.2, -0.15) is 0 Å². The molecule has 2 rings (SSSR count). The van der Waals surface area contributed by atoms with E-state index in [-0.39, 0.29) is 5.76 Å². The van der Waals surface area contributed by atoms with Gasteiger partial charge in [-0.3, -0.25) is 0 Å². The van der Waals surface area contributed by atoms with Crippen molar-refractivity contribution in [1.82, 2.24) is 0 Å². The van der Waals surface area contributed by atoms with Crippen LogP contribution in [-0.4, -0.2) is 10.2 Å². The summed E-state index contributed by atoms with van der Waals surface area (Å²) in [4.78, 5) is 0. The SMILES string of the molecule is C/C(=C(/O)c1ccccc1)[C@@H](O)c1ccccc1. The van der Waals surface area contributed by atoms with Gasteiger partial charge in [-0.05, 0) is 12.5 Å². The molecular formula is C16H16O2. The zero-order valence-corrected chi connectivity index (χ0v) is 10.2. The van der Waals surface area contributed by atoms with Crippen LogP contribution in [0.5, 0.6) is 0 Å². The molecule has 0 aliphatic heterocycles. The Morgan fingerprint density at radius 2 is 1.39 bits per heavy atom. The highest BCUT2D eigenvalue weighted by atomic mass is 16.3. The summed E-state index contributed by atoms with van der Waals surface area (Å²) < 4.78 is 0. The predicted octanol–water partition coefficient (Wildman–Crippen LogP) is 3.71. The fourth-order valence-corrected chi connectivity index (χ4v) is 1.84. The molecule has 2 aromatic carbocycles. The summed E-state index contributed by atoms with van der Waals surface area (Å²) >= 11 is 0. The third kappa shape index (κ3) is 2.60. The standard InChI is InChI=1S/C16H16O2/c1-12(15(17)13-8-4-2-5-9-13)16(18)14-10-6-3-7-11-14/h2-11,15,17-18H,1H3/b16-12-/t15-/m1/s1. The Balaban J connectivity index is 2.33. The highest BCUT2D eigenvalue weighted by molar-refractivity contribution is 5.62. The van der Waals surface area contributed by atoms with E-state index in [4.69, 9.17) is 0 Å². The lowest BCUT2D eigenvalue weighted by atomic mass is 9.99. The van der Waals surface area contributed by atoms with E-state index in [0.29, 0.717) is 11.1 Å². The number of hydrogen-bond acceptors (Lipinski definition) is 2. The first-order valence-corrected chi connectivity index (χ1v) is 5.88. The van der Waals surface area contributed by atoms with Crippen molar-refractivity contribution in [3.63, 3.8) is 0 Å². The summed E-state index contributed by atoms with van der Waals surface area (Å²) in [5.74, 6) is 0.131. The Morgan fingerprint density at radius 1 is 0.889 bits per heavy atom. The van der Waals surface area contributed by atoms with Gasteiger partial charge in [-0.15, -0.1) is 0 Å². The second kappa shape index (κ2) is 5.52. The van der Waals surface area contributed by atoms with Crippen LogP contribution in [0.25, 0.3) is 5.76 Å². The quantitative estimate of drug-likeness (QED) is 0.803. The topological polar surface area (TPSA) is 40.5 Å². The fourth-order valence-electron chi connectivity index (χ4n) is 1.84. The van der Waals surface area contributed by atoms with Gasteiger partial charge in [-0.1, -0.05) is 60.7 Å². The molecule has 2 heteroatoms. The highest BCUT2D eigenvalue weighted by Crippen LogP contribution is 2.26. The fraction of sp³-hybridized carbons (Fsp3) is 0.125. The number of aliphatic hydroxyl groups is 2. The van der Waals surface area contributed by atoms with Crippen molar-refractivity contribution in [3.05, 3.63) is 77.4 Å². The molecule has 2 N–H and O–H groups in total. The van der Waals surface area contributed by atoms with E-state index in [1.54, 1.807) is 6.92 Å². The molecule has 0 saturated carbocycles. The number of rotatable bonds is 3. The van der Waals surface area contributed by atoms with Crippen LogP contribution < -0.4 is 0 Å². The van der Waals surface area contributed by atoms with Crippen LogP contribution in [0.2, 0.25) is 0 Å². The molecule has 0 amide bonds. The molecule has 0 heterocycles. The molecule has 1 atom stereocenters. The van der Waals surface area contributed by atoms with Crippen molar-refractivity contribution in [2.24, 2.45) is 0 Å². The Bertz CT molecular complexity index is 530. The van der Waals surface area contributed by atoms with Crippen LogP contribution in [0.15, 0.2) is 66.2 Å². The van der Waals surface area contributed by atoms with Gasteiger partial charge in [0, 0.05) is 11.1 Å². The lowest BCUT2D eigenvalue weighted by Gasteiger charge is -2.14. The van der Waals surface area contributed by atoms with Crippen LogP contribution in [0.3, 0.4) is 0 Å². The first-order chi connectivity index (χ1) is 8.70. The van der Waals surface area contributed by atoms with Gasteiger partial charge in [0.1, 0.15) is 11.9 Å². The first kappa shape index (κ1) is 12.4. The monoisotopic (exact) mass is 240 g/mol. The number of benzene rings is 2. The smallest absolute Gasteiger partial charge is 0.124 e. The molecule has 0 aliphatic rings. The van der Waals surface area contributed by atoms with Crippen LogP contribution in [0.4, 0.5) is 0 Å². The molecule has 0 radical (unpaired) electrons. The molecule has 18 heavy (non-hydrogen) atoms. The molecule has 2 aromatic rings. The number of hydrogen-bond donors (Lipinski definition) is 2. The maximum absolute atomic E-state index is 10.2. The molecule has 0 bridgehead atoms. The second-order valence-electron chi connectivity index (χ2n) is 4.21. The summed E-state index contributed by atoms with van der Waals surface area (Å²) in [7, 11) is 0. The average Bonchev–Trinajstić information content (AvgIpc) is 2.47. The van der Waals surface area contributed by atoms with E-state index in [1.165, 1.54) is 0 Å². The lowest BCUT2D eigenvalue weighted by Crippen LogP contribution is -2.01. The summed E-state index contributed by atoms with van der Waals surface area (Å²) in [6.07, 6.45) is -0.786. The summed E-state index contributed by atoms with van der Waals surface area (Å²) in [6.45, 7) is 1.74. The molecule has 0 fully saturated rings. The van der Waals surface area contributed by atoms with Crippen molar-refractivity contribution in [2.45, 2.75) is 13.0 Å². The lowest BCUT2D eigenvalue weighted by molar-refractivity contribution is 0.213. The van der Waals surface area contributed by atoms with E-state index in [1.807, 2.05) is 60.7 Å². The summed E-state index contributed by atoms with van der Waals surface area (Å²) in [5, 5.41) is 20.3. The normalized spacial score (nSPS) is 13.9. The number of aliphatic hydroxyl groups excluding tert-OH is 2. The van der Waals surface area contributed by atoms with Gasteiger partial charge >= 0.3 is 0 Å². The zero-order valence-electron chi connectivity index (χ0n) is 10.2. The predicted molar refractivity (Wildman–Crippen MR) is 73.1 cm³/mol. The van der Waals surface area contributed by atoms with Gasteiger partial charge in [0.2, 0.25) is 0 Å². The Hall–Kier alpha value is -2.06. The van der Waals surface area contributed by atoms with Gasteiger partial charge in [-0.25, -0.2) is 0 Å². The van der Waals surface area contributed by atoms with Crippen molar-refractivity contribution < 1.29 is 10.2 Å². The van der Waals surface area contributed by atoms with Crippen LogP contribution in [-0.2, 0) is 0 Å². The minimum Gasteiger partial charge on any atom is -0.507 e. The van der Waals surface area contributed by atoms with Crippen molar-refractivity contribution in [2.75, 3.05) is 0 Å². The molecular weight excluding hydrogens is 224 g/mol. The Morgan fingerprint density at radius 3 is 1.94 bits per heavy atom. The molecule has 0 aliphatic carbocycles. The van der Waals surface area contributed by atoms with Crippen LogP contribution in [0.1, 0.15) is 24.2 Å². The van der Waals surface area contributed by atoms with Gasteiger partial charge in [0.05, 0.1) is 0 Å². The average molecular weight is 240 g/mol. The Kier molecular flexibility index (Phi) is 3.80. The van der Waals surface area contributed by atoms with Crippen LogP contribution >= 0.6 is 0 Å². The highest BCUT2D eigenvalue weighted by Gasteiger charge is 2.14. The summed E-state index contributed by atoms with van der Waals surface area (Å²) in [5.41, 5.74) is 2.04. The largest absolute Gasteiger partial charge is 0.507 e. The third-order valence-electron chi connectivity index (χ3n) is 2.95. The molecule has 0 aromatic heterocycles. The molecule has 92 valence electrons. The van der Waals surface area contributed by atoms with E-state index in [9.17, 15) is 10.2 Å². The first-order valence-electron chi connectivity index (χ1n) is 5.88. The summed E-state index contributed by atoms with van der Waals surface area (Å²) in [6, 6.07) is 18.5. The van der Waals surface area contributed by atoms with Gasteiger partial charge < -0.3 is 10.2 Å². The zero-order chi connectivity index (χ0) is 13.0. The molecule has 2 nitrogen and oxygen atoms in total. The van der Waals surface area contributed by atoms with E-state index < -0.39 is 6.10 Å². The molecule has 0 spiro atoms. The molecule has 0 unspecified atom stereocenters. The molecule has 0 saturated heterocycles. The van der Waals surface area contributed by atoms with E-state index >= 15 is 0 Å². The minimum absolute atomic E-state index is 0.131. The van der Waals surface area contributed by atoms with E-state index in [2.05, 4.69) is 0 Å². The van der Waals surface area contributed by atoms with Gasteiger partial charge in [0.15, 0.2) is 0 Å². The maximum Gasteiger partial charge on any atom is 0.124 e. The van der Waals surface area contributed by atoms with Crippen molar-refractivity contribution >= 4 is 5.76 Å². The second-order valence-corrected chi connectivity index (χ2v) is 4.21. The maximum atomic E-state index is 10.2. The third-order valence-corrected chi connectivity index (χ3v) is 2.95. The minimum atomic E-state index is -0.786. The Labute approximate surface area is 107 Å². The van der Waals surface area contributed by atoms with Crippen LogP contribution in [0, 0.1) is 0 Å². The van der Waals surface area contributed by atoms with Gasteiger partial charge in [0.25, 0.3) is 0 Å². The van der Waals surface area contributed by atoms with E-state index in [0.717, 1.165) is 5.56 Å².